The van der Waals surface area contributed by atoms with Gasteiger partial charge in [-0.15, -0.1) is 0 Å². The molecule has 0 radical (unpaired) electrons. The van der Waals surface area contributed by atoms with Crippen molar-refractivity contribution in [3.05, 3.63) is 35.6 Å². The molecule has 1 saturated heterocycles. The minimum Gasteiger partial charge on any atom is -0.338 e. The molecule has 116 valence electrons. The van der Waals surface area contributed by atoms with Crippen LogP contribution in [0.25, 0.3) is 0 Å². The Hall–Kier alpha value is -1.66. The standard InChI is InChI=1S/C15H23FN4O/c16-14-3-1-2-13(12-14)4-5-18-15(21)19-8-11-20-9-6-17-7-10-20/h1-3,12,17H,4-11H2,(H2,18,19,21). The number of urea groups is 1. The van der Waals surface area contributed by atoms with Gasteiger partial charge in [0.05, 0.1) is 0 Å². The van der Waals surface area contributed by atoms with Gasteiger partial charge in [-0.25, -0.2) is 9.18 Å². The third-order valence-corrected chi connectivity index (χ3v) is 3.51. The molecule has 0 aromatic heterocycles. The van der Waals surface area contributed by atoms with Crippen molar-refractivity contribution in [2.24, 2.45) is 0 Å². The summed E-state index contributed by atoms with van der Waals surface area (Å²) in [4.78, 5) is 13.9. The van der Waals surface area contributed by atoms with Crippen LogP contribution in [0.15, 0.2) is 24.3 Å². The van der Waals surface area contributed by atoms with Crippen LogP contribution in [0.5, 0.6) is 0 Å². The highest BCUT2D eigenvalue weighted by molar-refractivity contribution is 5.73. The molecular weight excluding hydrogens is 271 g/mol. The van der Waals surface area contributed by atoms with E-state index in [4.69, 9.17) is 0 Å². The minimum absolute atomic E-state index is 0.165. The van der Waals surface area contributed by atoms with Gasteiger partial charge >= 0.3 is 6.03 Å². The van der Waals surface area contributed by atoms with E-state index in [1.807, 2.05) is 6.07 Å². The molecule has 0 bridgehead atoms. The van der Waals surface area contributed by atoms with E-state index in [-0.39, 0.29) is 11.8 Å². The Morgan fingerprint density at radius 1 is 1.24 bits per heavy atom. The van der Waals surface area contributed by atoms with Crippen LogP contribution >= 0.6 is 0 Å². The normalized spacial score (nSPS) is 15.7. The van der Waals surface area contributed by atoms with Gasteiger partial charge in [-0.1, -0.05) is 12.1 Å². The third kappa shape index (κ3) is 6.10. The first kappa shape index (κ1) is 15.7. The topological polar surface area (TPSA) is 56.4 Å². The van der Waals surface area contributed by atoms with Gasteiger partial charge < -0.3 is 16.0 Å². The Balaban J connectivity index is 1.55. The predicted octanol–water partition coefficient (Wildman–Crippen LogP) is 0.573. The highest BCUT2D eigenvalue weighted by Gasteiger charge is 2.09. The van der Waals surface area contributed by atoms with Crippen LogP contribution in [-0.4, -0.2) is 56.7 Å². The summed E-state index contributed by atoms with van der Waals surface area (Å²) in [5, 5.41) is 8.92. The van der Waals surface area contributed by atoms with Gasteiger partial charge in [-0.3, -0.25) is 4.90 Å². The summed E-state index contributed by atoms with van der Waals surface area (Å²) in [6, 6.07) is 6.27. The number of carbonyl (C=O) groups excluding carboxylic acids is 1. The molecule has 1 aromatic rings. The summed E-state index contributed by atoms with van der Waals surface area (Å²) in [6.07, 6.45) is 0.628. The Morgan fingerprint density at radius 3 is 2.76 bits per heavy atom. The van der Waals surface area contributed by atoms with Crippen LogP contribution in [0, 0.1) is 5.82 Å². The van der Waals surface area contributed by atoms with Gasteiger partial charge in [0.1, 0.15) is 5.82 Å². The zero-order valence-electron chi connectivity index (χ0n) is 12.2. The molecule has 0 unspecified atom stereocenters. The fraction of sp³-hybridized carbons (Fsp3) is 0.533. The number of hydrogen-bond acceptors (Lipinski definition) is 3. The van der Waals surface area contributed by atoms with Gasteiger partial charge in [0, 0.05) is 45.8 Å². The van der Waals surface area contributed by atoms with Crippen molar-refractivity contribution in [2.45, 2.75) is 6.42 Å². The molecule has 0 aliphatic carbocycles. The molecule has 0 atom stereocenters. The predicted molar refractivity (Wildman–Crippen MR) is 80.8 cm³/mol. The number of nitrogens with zero attached hydrogens (tertiary/aromatic N) is 1. The van der Waals surface area contributed by atoms with E-state index in [9.17, 15) is 9.18 Å². The zero-order valence-corrected chi connectivity index (χ0v) is 12.2. The average molecular weight is 294 g/mol. The Labute approximate surface area is 124 Å². The van der Waals surface area contributed by atoms with Crippen LogP contribution in [0.2, 0.25) is 0 Å². The lowest BCUT2D eigenvalue weighted by Crippen LogP contribution is -2.47. The van der Waals surface area contributed by atoms with Crippen LogP contribution in [-0.2, 0) is 6.42 Å². The quantitative estimate of drug-likeness (QED) is 0.719. The number of rotatable bonds is 6. The number of nitrogens with one attached hydrogen (secondary N) is 3. The molecule has 6 heteroatoms. The Kier molecular flexibility index (Phi) is 6.43. The number of halogens is 1. The van der Waals surface area contributed by atoms with Crippen molar-refractivity contribution < 1.29 is 9.18 Å². The molecule has 0 spiro atoms. The molecule has 1 aromatic carbocycles. The highest BCUT2D eigenvalue weighted by atomic mass is 19.1. The third-order valence-electron chi connectivity index (χ3n) is 3.51. The lowest BCUT2D eigenvalue weighted by molar-refractivity contribution is 0.227. The molecular formula is C15H23FN4O. The lowest BCUT2D eigenvalue weighted by Gasteiger charge is -2.27. The van der Waals surface area contributed by atoms with E-state index in [0.29, 0.717) is 19.5 Å². The SMILES string of the molecule is O=C(NCCc1cccc(F)c1)NCCN1CCNCC1. The smallest absolute Gasteiger partial charge is 0.314 e. The minimum atomic E-state index is -0.243. The van der Waals surface area contributed by atoms with Crippen molar-refractivity contribution in [3.8, 4) is 0 Å². The summed E-state index contributed by atoms with van der Waals surface area (Å²) < 4.78 is 13.0. The number of carbonyl (C=O) groups is 1. The largest absolute Gasteiger partial charge is 0.338 e. The molecule has 2 amide bonds. The number of amides is 2. The lowest BCUT2D eigenvalue weighted by atomic mass is 10.1. The van der Waals surface area contributed by atoms with Gasteiger partial charge in [-0.05, 0) is 24.1 Å². The van der Waals surface area contributed by atoms with Gasteiger partial charge in [0.2, 0.25) is 0 Å². The fourth-order valence-corrected chi connectivity index (χ4v) is 2.34. The summed E-state index contributed by atoms with van der Waals surface area (Å²) >= 11 is 0. The molecule has 1 fully saturated rings. The second-order valence-electron chi connectivity index (χ2n) is 5.15. The van der Waals surface area contributed by atoms with Gasteiger partial charge in [-0.2, -0.15) is 0 Å². The van der Waals surface area contributed by atoms with Crippen LogP contribution in [0.1, 0.15) is 5.56 Å². The van der Waals surface area contributed by atoms with E-state index in [1.54, 1.807) is 6.07 Å². The van der Waals surface area contributed by atoms with Crippen LogP contribution < -0.4 is 16.0 Å². The monoisotopic (exact) mass is 294 g/mol. The molecule has 1 heterocycles. The van der Waals surface area contributed by atoms with Crippen molar-refractivity contribution >= 4 is 6.03 Å². The first-order valence-corrected chi connectivity index (χ1v) is 7.43. The molecule has 21 heavy (non-hydrogen) atoms. The molecule has 1 aliphatic rings. The number of benzene rings is 1. The maximum Gasteiger partial charge on any atom is 0.314 e. The zero-order chi connectivity index (χ0) is 14.9. The van der Waals surface area contributed by atoms with E-state index in [0.717, 1.165) is 38.3 Å². The van der Waals surface area contributed by atoms with E-state index in [2.05, 4.69) is 20.9 Å². The number of hydrogen-bond donors (Lipinski definition) is 3. The maximum absolute atomic E-state index is 13.0. The first-order chi connectivity index (χ1) is 10.2. The molecule has 1 aliphatic heterocycles. The van der Waals surface area contributed by atoms with Crippen molar-refractivity contribution in [1.29, 1.82) is 0 Å². The Morgan fingerprint density at radius 2 is 2.00 bits per heavy atom. The summed E-state index contributed by atoms with van der Waals surface area (Å²) in [7, 11) is 0. The Bertz CT molecular complexity index is 449. The van der Waals surface area contributed by atoms with Gasteiger partial charge in [0.25, 0.3) is 0 Å². The van der Waals surface area contributed by atoms with Crippen LogP contribution in [0.4, 0.5) is 9.18 Å². The van der Waals surface area contributed by atoms with Crippen molar-refractivity contribution in [2.75, 3.05) is 45.8 Å². The molecule has 3 N–H and O–H groups in total. The first-order valence-electron chi connectivity index (χ1n) is 7.43. The average Bonchev–Trinajstić information content (AvgIpc) is 2.48. The fourth-order valence-electron chi connectivity index (χ4n) is 2.34. The maximum atomic E-state index is 13.0. The van der Waals surface area contributed by atoms with Gasteiger partial charge in [0.15, 0.2) is 0 Å². The van der Waals surface area contributed by atoms with Crippen LogP contribution in [0.3, 0.4) is 0 Å². The molecule has 0 saturated carbocycles. The second-order valence-corrected chi connectivity index (χ2v) is 5.15. The summed E-state index contributed by atoms with van der Waals surface area (Å²) in [5.74, 6) is -0.243. The second kappa shape index (κ2) is 8.59. The van der Waals surface area contributed by atoms with E-state index >= 15 is 0 Å². The molecule has 5 nitrogen and oxygen atoms in total. The molecule has 2 rings (SSSR count). The van der Waals surface area contributed by atoms with Crippen molar-refractivity contribution in [3.63, 3.8) is 0 Å². The number of piperazine rings is 1. The van der Waals surface area contributed by atoms with Crippen molar-refractivity contribution in [1.82, 2.24) is 20.9 Å². The summed E-state index contributed by atoms with van der Waals surface area (Å²) in [6.45, 7) is 6.11. The highest BCUT2D eigenvalue weighted by Crippen LogP contribution is 2.03. The van der Waals surface area contributed by atoms with E-state index < -0.39 is 0 Å². The van der Waals surface area contributed by atoms with E-state index in [1.165, 1.54) is 12.1 Å². The summed E-state index contributed by atoms with van der Waals surface area (Å²) in [5.41, 5.74) is 0.885.